The molecule has 0 aromatic heterocycles. The van der Waals surface area contributed by atoms with Gasteiger partial charge in [-0.25, -0.2) is 0 Å². The van der Waals surface area contributed by atoms with Crippen LogP contribution >= 0.6 is 0 Å². The topological polar surface area (TPSA) is 20.2 Å². The Morgan fingerprint density at radius 2 is 1.41 bits per heavy atom. The third kappa shape index (κ3) is 3.58. The van der Waals surface area contributed by atoms with E-state index in [0.29, 0.717) is 12.5 Å². The normalized spacial score (nSPS) is 39.6. The summed E-state index contributed by atoms with van der Waals surface area (Å²) in [4.78, 5) is 0. The molecule has 0 spiro atoms. The summed E-state index contributed by atoms with van der Waals surface area (Å²) in [6, 6.07) is 0. The van der Waals surface area contributed by atoms with Crippen LogP contribution in [0, 0.1) is 23.7 Å². The van der Waals surface area contributed by atoms with Crippen molar-refractivity contribution in [3.63, 3.8) is 0 Å². The third-order valence-corrected chi connectivity index (χ3v) is 5.10. The van der Waals surface area contributed by atoms with Gasteiger partial charge in [0.05, 0.1) is 0 Å². The van der Waals surface area contributed by atoms with E-state index in [2.05, 4.69) is 19.1 Å². The molecule has 1 nitrogen and oxygen atoms in total. The van der Waals surface area contributed by atoms with Gasteiger partial charge >= 0.3 is 0 Å². The van der Waals surface area contributed by atoms with Crippen molar-refractivity contribution in [2.75, 3.05) is 6.61 Å². The molecule has 2 saturated carbocycles. The van der Waals surface area contributed by atoms with Crippen LogP contribution in [-0.2, 0) is 0 Å². The molecular formula is C16H28O. The average molecular weight is 236 g/mol. The molecule has 0 aromatic rings. The predicted octanol–water partition coefficient (Wildman–Crippen LogP) is 4.17. The highest BCUT2D eigenvalue weighted by molar-refractivity contribution is 4.90. The molecule has 0 heterocycles. The molecule has 0 aromatic carbocycles. The van der Waals surface area contributed by atoms with Crippen LogP contribution in [0.5, 0.6) is 0 Å². The second-order valence-corrected chi connectivity index (χ2v) is 6.16. The predicted molar refractivity (Wildman–Crippen MR) is 72.8 cm³/mol. The van der Waals surface area contributed by atoms with Crippen molar-refractivity contribution < 1.29 is 5.11 Å². The van der Waals surface area contributed by atoms with Crippen molar-refractivity contribution in [2.45, 2.75) is 58.3 Å². The Balaban J connectivity index is 1.74. The fourth-order valence-corrected chi connectivity index (χ4v) is 3.92. The second-order valence-electron chi connectivity index (χ2n) is 6.16. The summed E-state index contributed by atoms with van der Waals surface area (Å²) in [7, 11) is 0. The van der Waals surface area contributed by atoms with E-state index in [9.17, 15) is 5.11 Å². The first kappa shape index (κ1) is 13.1. The van der Waals surface area contributed by atoms with Crippen LogP contribution in [0.4, 0.5) is 0 Å². The summed E-state index contributed by atoms with van der Waals surface area (Å²) < 4.78 is 0. The molecule has 2 fully saturated rings. The van der Waals surface area contributed by atoms with E-state index >= 15 is 0 Å². The summed E-state index contributed by atoms with van der Waals surface area (Å²) >= 11 is 0. The van der Waals surface area contributed by atoms with Gasteiger partial charge in [0.1, 0.15) is 0 Å². The van der Waals surface area contributed by atoms with Crippen molar-refractivity contribution >= 4 is 0 Å². The summed E-state index contributed by atoms with van der Waals surface area (Å²) in [5.74, 6) is 3.45. The molecule has 98 valence electrons. The smallest absolute Gasteiger partial charge is 0.0459 e. The van der Waals surface area contributed by atoms with Gasteiger partial charge in [-0.3, -0.25) is 0 Å². The number of hydrogen-bond acceptors (Lipinski definition) is 1. The number of aliphatic hydroxyl groups excluding tert-OH is 1. The second kappa shape index (κ2) is 6.58. The Morgan fingerprint density at radius 3 is 1.88 bits per heavy atom. The Morgan fingerprint density at radius 1 is 0.882 bits per heavy atom. The van der Waals surface area contributed by atoms with E-state index in [4.69, 9.17) is 0 Å². The molecule has 0 aliphatic heterocycles. The van der Waals surface area contributed by atoms with E-state index < -0.39 is 0 Å². The largest absolute Gasteiger partial charge is 0.396 e. The van der Waals surface area contributed by atoms with Crippen LogP contribution in [0.25, 0.3) is 0 Å². The minimum atomic E-state index is 0.417. The minimum absolute atomic E-state index is 0.417. The van der Waals surface area contributed by atoms with E-state index in [1.165, 1.54) is 51.4 Å². The lowest BCUT2D eigenvalue weighted by Crippen LogP contribution is -2.26. The zero-order valence-corrected chi connectivity index (χ0v) is 11.3. The number of aliphatic hydroxyl groups is 1. The molecule has 0 radical (unpaired) electrons. The highest BCUT2D eigenvalue weighted by Gasteiger charge is 2.29. The molecule has 2 rings (SSSR count). The summed E-state index contributed by atoms with van der Waals surface area (Å²) in [5.41, 5.74) is 0. The number of hydrogen-bond donors (Lipinski definition) is 1. The van der Waals surface area contributed by atoms with Crippen LogP contribution < -0.4 is 0 Å². The van der Waals surface area contributed by atoms with Crippen molar-refractivity contribution in [2.24, 2.45) is 23.7 Å². The van der Waals surface area contributed by atoms with Crippen LogP contribution in [-0.4, -0.2) is 11.7 Å². The van der Waals surface area contributed by atoms with E-state index in [1.54, 1.807) is 0 Å². The maximum Gasteiger partial charge on any atom is 0.0459 e. The fourth-order valence-electron chi connectivity index (χ4n) is 3.92. The molecular weight excluding hydrogens is 208 g/mol. The summed E-state index contributed by atoms with van der Waals surface area (Å²) in [6.07, 6.45) is 15.6. The molecule has 0 saturated heterocycles. The van der Waals surface area contributed by atoms with Gasteiger partial charge in [-0.15, -0.1) is 0 Å². The van der Waals surface area contributed by atoms with Gasteiger partial charge in [0.15, 0.2) is 0 Å². The van der Waals surface area contributed by atoms with Crippen LogP contribution in [0.3, 0.4) is 0 Å². The molecule has 0 atom stereocenters. The highest BCUT2D eigenvalue weighted by Crippen LogP contribution is 2.41. The average Bonchev–Trinajstić information content (AvgIpc) is 2.40. The van der Waals surface area contributed by atoms with Gasteiger partial charge in [-0.2, -0.15) is 0 Å². The SMILES string of the molecule is C/C=C/C1CCC(C2CCC(CO)CC2)CC1. The molecule has 0 unspecified atom stereocenters. The first-order valence-corrected chi connectivity index (χ1v) is 7.57. The maximum atomic E-state index is 9.17. The van der Waals surface area contributed by atoms with Gasteiger partial charge in [0.25, 0.3) is 0 Å². The summed E-state index contributed by atoms with van der Waals surface area (Å²) in [6.45, 7) is 2.56. The molecule has 1 N–H and O–H groups in total. The fraction of sp³-hybridized carbons (Fsp3) is 0.875. The van der Waals surface area contributed by atoms with E-state index in [-0.39, 0.29) is 0 Å². The Hall–Kier alpha value is -0.300. The van der Waals surface area contributed by atoms with Crippen LogP contribution in [0.15, 0.2) is 12.2 Å². The minimum Gasteiger partial charge on any atom is -0.396 e. The Bertz CT molecular complexity index is 230. The first-order valence-electron chi connectivity index (χ1n) is 7.57. The molecule has 0 amide bonds. The number of allylic oxidation sites excluding steroid dienone is 2. The lowest BCUT2D eigenvalue weighted by Gasteiger charge is -2.37. The van der Waals surface area contributed by atoms with Gasteiger partial charge in [0, 0.05) is 6.61 Å². The molecule has 1 heteroatoms. The molecule has 2 aliphatic rings. The lowest BCUT2D eigenvalue weighted by atomic mass is 9.69. The quantitative estimate of drug-likeness (QED) is 0.729. The van der Waals surface area contributed by atoms with E-state index in [1.807, 2.05) is 0 Å². The maximum absolute atomic E-state index is 9.17. The monoisotopic (exact) mass is 236 g/mol. The molecule has 0 bridgehead atoms. The van der Waals surface area contributed by atoms with Crippen LogP contribution in [0.2, 0.25) is 0 Å². The van der Waals surface area contributed by atoms with Crippen molar-refractivity contribution in [1.82, 2.24) is 0 Å². The van der Waals surface area contributed by atoms with Gasteiger partial charge in [0.2, 0.25) is 0 Å². The Labute approximate surface area is 106 Å². The third-order valence-electron chi connectivity index (χ3n) is 5.10. The lowest BCUT2D eigenvalue weighted by molar-refractivity contribution is 0.122. The zero-order chi connectivity index (χ0) is 12.1. The molecule has 17 heavy (non-hydrogen) atoms. The number of rotatable bonds is 3. The first-order chi connectivity index (χ1) is 8.33. The van der Waals surface area contributed by atoms with Gasteiger partial charge in [-0.05, 0) is 82.0 Å². The highest BCUT2D eigenvalue weighted by atomic mass is 16.3. The van der Waals surface area contributed by atoms with Crippen molar-refractivity contribution in [1.29, 1.82) is 0 Å². The summed E-state index contributed by atoms with van der Waals surface area (Å²) in [5, 5.41) is 9.17. The van der Waals surface area contributed by atoms with Gasteiger partial charge in [-0.1, -0.05) is 12.2 Å². The van der Waals surface area contributed by atoms with Crippen molar-refractivity contribution in [3.05, 3.63) is 12.2 Å². The zero-order valence-electron chi connectivity index (χ0n) is 11.3. The van der Waals surface area contributed by atoms with Gasteiger partial charge < -0.3 is 5.11 Å². The molecule has 2 aliphatic carbocycles. The van der Waals surface area contributed by atoms with Crippen LogP contribution in [0.1, 0.15) is 58.3 Å². The Kier molecular flexibility index (Phi) is 5.09. The standard InChI is InChI=1S/C16H28O/c1-2-3-13-4-8-15(9-5-13)16-10-6-14(12-17)7-11-16/h2-3,13-17H,4-12H2,1H3/b3-2+. The van der Waals surface area contributed by atoms with E-state index in [0.717, 1.165) is 17.8 Å². The van der Waals surface area contributed by atoms with Crippen molar-refractivity contribution in [3.8, 4) is 0 Å².